The second-order valence-corrected chi connectivity index (χ2v) is 5.38. The van der Waals surface area contributed by atoms with Gasteiger partial charge in [-0.05, 0) is 48.4 Å². The van der Waals surface area contributed by atoms with Gasteiger partial charge in [-0.15, -0.1) is 0 Å². The summed E-state index contributed by atoms with van der Waals surface area (Å²) in [5, 5.41) is 3.10. The van der Waals surface area contributed by atoms with Gasteiger partial charge in [0, 0.05) is 16.7 Å². The maximum atomic E-state index is 12.4. The normalized spacial score (nSPS) is 11.4. The fraction of sp³-hybridized carbons (Fsp3) is 0.200. The first-order valence-corrected chi connectivity index (χ1v) is 6.82. The summed E-state index contributed by atoms with van der Waals surface area (Å²) in [6.45, 7) is 2.55. The quantitative estimate of drug-likeness (QED) is 0.787. The lowest BCUT2D eigenvalue weighted by Gasteiger charge is -2.11. The highest BCUT2D eigenvalue weighted by Gasteiger charge is 2.29. The van der Waals surface area contributed by atoms with E-state index in [-0.39, 0.29) is 0 Å². The Labute approximate surface area is 123 Å². The van der Waals surface area contributed by atoms with Crippen LogP contribution in [-0.2, 0) is 12.7 Å². The number of rotatable bonds is 3. The van der Waals surface area contributed by atoms with Gasteiger partial charge in [0.15, 0.2) is 0 Å². The van der Waals surface area contributed by atoms with E-state index in [2.05, 4.69) is 21.2 Å². The minimum Gasteiger partial charge on any atom is -0.381 e. The zero-order chi connectivity index (χ0) is 14.8. The molecule has 0 aliphatic carbocycles. The molecule has 2 aromatic carbocycles. The number of nitrogens with one attached hydrogen (secondary N) is 1. The van der Waals surface area contributed by atoms with Gasteiger partial charge in [0.25, 0.3) is 0 Å². The summed E-state index contributed by atoms with van der Waals surface area (Å²) >= 11 is 3.47. The molecule has 0 saturated carbocycles. The lowest BCUT2D eigenvalue weighted by atomic mass is 10.1. The molecule has 0 atom stereocenters. The molecule has 2 aromatic rings. The first-order valence-electron chi connectivity index (χ1n) is 6.02. The van der Waals surface area contributed by atoms with Crippen molar-refractivity contribution in [2.24, 2.45) is 0 Å². The molecule has 0 aliphatic heterocycles. The van der Waals surface area contributed by atoms with Gasteiger partial charge in [-0.1, -0.05) is 28.1 Å². The Morgan fingerprint density at radius 1 is 1.05 bits per heavy atom. The van der Waals surface area contributed by atoms with E-state index in [4.69, 9.17) is 0 Å². The maximum absolute atomic E-state index is 12.4. The molecular weight excluding hydrogens is 331 g/mol. The Morgan fingerprint density at radius 3 is 2.25 bits per heavy atom. The second-order valence-electron chi connectivity index (χ2n) is 4.52. The van der Waals surface area contributed by atoms with Crippen LogP contribution in [0.5, 0.6) is 0 Å². The third-order valence-corrected chi connectivity index (χ3v) is 3.64. The van der Waals surface area contributed by atoms with E-state index in [0.717, 1.165) is 27.7 Å². The molecule has 0 fully saturated rings. The molecule has 1 nitrogen and oxygen atoms in total. The van der Waals surface area contributed by atoms with Crippen molar-refractivity contribution in [3.05, 3.63) is 63.6 Å². The summed E-state index contributed by atoms with van der Waals surface area (Å²) in [4.78, 5) is 0. The van der Waals surface area contributed by atoms with Gasteiger partial charge in [-0.2, -0.15) is 13.2 Å². The molecule has 0 aliphatic rings. The summed E-state index contributed by atoms with van der Waals surface area (Å²) in [7, 11) is 0. The van der Waals surface area contributed by atoms with Gasteiger partial charge in [0.2, 0.25) is 0 Å². The van der Waals surface area contributed by atoms with Crippen LogP contribution in [0.15, 0.2) is 46.9 Å². The SMILES string of the molecule is Cc1ccc(CNc2ccc(C(F)(F)F)cc2)c(Br)c1. The van der Waals surface area contributed by atoms with Gasteiger partial charge >= 0.3 is 6.18 Å². The van der Waals surface area contributed by atoms with Crippen LogP contribution in [0.2, 0.25) is 0 Å². The molecule has 0 heterocycles. The fourth-order valence-corrected chi connectivity index (χ4v) is 2.40. The molecule has 106 valence electrons. The number of halogens is 4. The summed E-state index contributed by atoms with van der Waals surface area (Å²) < 4.78 is 38.3. The molecule has 5 heteroatoms. The average Bonchev–Trinajstić information content (AvgIpc) is 2.37. The fourth-order valence-electron chi connectivity index (χ4n) is 1.77. The van der Waals surface area contributed by atoms with E-state index in [9.17, 15) is 13.2 Å². The number of benzene rings is 2. The standard InChI is InChI=1S/C15H13BrF3N/c1-10-2-3-11(14(16)8-10)9-20-13-6-4-12(5-7-13)15(17,18)19/h2-8,20H,9H2,1H3. The largest absolute Gasteiger partial charge is 0.416 e. The van der Waals surface area contributed by atoms with Crippen molar-refractivity contribution in [1.82, 2.24) is 0 Å². The highest BCUT2D eigenvalue weighted by molar-refractivity contribution is 9.10. The second kappa shape index (κ2) is 5.87. The van der Waals surface area contributed by atoms with E-state index < -0.39 is 11.7 Å². The molecule has 0 radical (unpaired) electrons. The van der Waals surface area contributed by atoms with Crippen molar-refractivity contribution in [2.75, 3.05) is 5.32 Å². The van der Waals surface area contributed by atoms with Crippen LogP contribution in [-0.4, -0.2) is 0 Å². The summed E-state index contributed by atoms with van der Waals surface area (Å²) in [5.74, 6) is 0. The van der Waals surface area contributed by atoms with Gasteiger partial charge < -0.3 is 5.32 Å². The molecule has 0 unspecified atom stereocenters. The van der Waals surface area contributed by atoms with Crippen LogP contribution in [0.4, 0.5) is 18.9 Å². The number of alkyl halides is 3. The Hall–Kier alpha value is -1.49. The number of hydrogen-bond donors (Lipinski definition) is 1. The molecular formula is C15H13BrF3N. The molecule has 20 heavy (non-hydrogen) atoms. The number of aryl methyl sites for hydroxylation is 1. The van der Waals surface area contributed by atoms with Crippen molar-refractivity contribution in [3.63, 3.8) is 0 Å². The van der Waals surface area contributed by atoms with Crippen LogP contribution >= 0.6 is 15.9 Å². The van der Waals surface area contributed by atoms with Crippen LogP contribution < -0.4 is 5.32 Å². The zero-order valence-electron chi connectivity index (χ0n) is 10.8. The molecule has 0 saturated heterocycles. The minimum absolute atomic E-state index is 0.548. The Bertz CT molecular complexity index is 591. The molecule has 0 amide bonds. The first-order chi connectivity index (χ1) is 9.36. The number of anilines is 1. The van der Waals surface area contributed by atoms with E-state index in [1.54, 1.807) is 0 Å². The summed E-state index contributed by atoms with van der Waals surface area (Å²) in [6.07, 6.45) is -4.29. The van der Waals surface area contributed by atoms with E-state index in [1.165, 1.54) is 12.1 Å². The van der Waals surface area contributed by atoms with E-state index in [0.29, 0.717) is 12.2 Å². The molecule has 1 N–H and O–H groups in total. The monoisotopic (exact) mass is 343 g/mol. The van der Waals surface area contributed by atoms with Crippen LogP contribution in [0, 0.1) is 6.92 Å². The van der Waals surface area contributed by atoms with Crippen molar-refractivity contribution in [2.45, 2.75) is 19.6 Å². The summed E-state index contributed by atoms with van der Waals surface area (Å²) in [5.41, 5.74) is 2.22. The third-order valence-electron chi connectivity index (χ3n) is 2.90. The summed E-state index contributed by atoms with van der Waals surface area (Å²) in [6, 6.07) is 11.0. The van der Waals surface area contributed by atoms with Crippen LogP contribution in [0.1, 0.15) is 16.7 Å². The maximum Gasteiger partial charge on any atom is 0.416 e. The van der Waals surface area contributed by atoms with Crippen molar-refractivity contribution in [1.29, 1.82) is 0 Å². The van der Waals surface area contributed by atoms with Gasteiger partial charge in [-0.25, -0.2) is 0 Å². The van der Waals surface area contributed by atoms with Crippen molar-refractivity contribution in [3.8, 4) is 0 Å². The van der Waals surface area contributed by atoms with E-state index >= 15 is 0 Å². The Balaban J connectivity index is 2.04. The average molecular weight is 344 g/mol. The van der Waals surface area contributed by atoms with Crippen molar-refractivity contribution >= 4 is 21.6 Å². The highest BCUT2D eigenvalue weighted by Crippen LogP contribution is 2.30. The van der Waals surface area contributed by atoms with Crippen LogP contribution in [0.3, 0.4) is 0 Å². The lowest BCUT2D eigenvalue weighted by molar-refractivity contribution is -0.137. The van der Waals surface area contributed by atoms with E-state index in [1.807, 2.05) is 25.1 Å². The molecule has 0 aromatic heterocycles. The number of hydrogen-bond acceptors (Lipinski definition) is 1. The predicted molar refractivity (Wildman–Crippen MR) is 77.6 cm³/mol. The van der Waals surface area contributed by atoms with Gasteiger partial charge in [-0.3, -0.25) is 0 Å². The van der Waals surface area contributed by atoms with Gasteiger partial charge in [0.1, 0.15) is 0 Å². The topological polar surface area (TPSA) is 12.0 Å². The molecule has 0 bridgehead atoms. The Morgan fingerprint density at radius 2 is 1.70 bits per heavy atom. The molecule has 0 spiro atoms. The zero-order valence-corrected chi connectivity index (χ0v) is 12.3. The highest BCUT2D eigenvalue weighted by atomic mass is 79.9. The molecule has 2 rings (SSSR count). The Kier molecular flexibility index (Phi) is 4.38. The minimum atomic E-state index is -4.29. The predicted octanol–water partition coefficient (Wildman–Crippen LogP) is 5.39. The van der Waals surface area contributed by atoms with Crippen LogP contribution in [0.25, 0.3) is 0 Å². The first kappa shape index (κ1) is 14.9. The van der Waals surface area contributed by atoms with Crippen molar-refractivity contribution < 1.29 is 13.2 Å². The third kappa shape index (κ3) is 3.76. The smallest absolute Gasteiger partial charge is 0.381 e. The lowest BCUT2D eigenvalue weighted by Crippen LogP contribution is -2.05. The van der Waals surface area contributed by atoms with Gasteiger partial charge in [0.05, 0.1) is 5.56 Å².